The van der Waals surface area contributed by atoms with Gasteiger partial charge in [-0.2, -0.15) is 0 Å². The molecule has 1 saturated heterocycles. The lowest BCUT2D eigenvalue weighted by Gasteiger charge is -2.21. The van der Waals surface area contributed by atoms with Crippen LogP contribution >= 0.6 is 24.0 Å². The van der Waals surface area contributed by atoms with Gasteiger partial charge in [0, 0.05) is 33.1 Å². The number of furan rings is 1. The van der Waals surface area contributed by atoms with Crippen molar-refractivity contribution in [3.63, 3.8) is 0 Å². The normalized spacial score (nSPS) is 17.6. The van der Waals surface area contributed by atoms with Crippen LogP contribution in [0.1, 0.15) is 17.7 Å². The van der Waals surface area contributed by atoms with Gasteiger partial charge in [-0.1, -0.05) is 30.3 Å². The van der Waals surface area contributed by atoms with Crippen molar-refractivity contribution in [3.05, 3.63) is 60.1 Å². The summed E-state index contributed by atoms with van der Waals surface area (Å²) in [6.45, 7) is 3.01. The molecule has 0 radical (unpaired) electrons. The van der Waals surface area contributed by atoms with Crippen molar-refractivity contribution >= 4 is 29.9 Å². The summed E-state index contributed by atoms with van der Waals surface area (Å²) in [7, 11) is 1.86. The topological polar surface area (TPSA) is 40.8 Å². The summed E-state index contributed by atoms with van der Waals surface area (Å²) in [4.78, 5) is 6.80. The second kappa shape index (κ2) is 9.71. The number of rotatable bonds is 5. The number of benzene rings is 1. The summed E-state index contributed by atoms with van der Waals surface area (Å²) < 4.78 is 5.36. The molecule has 1 unspecified atom stereocenters. The number of aliphatic imine (C=N–C) groups is 1. The first-order valence-electron chi connectivity index (χ1n) is 8.37. The van der Waals surface area contributed by atoms with Crippen LogP contribution in [0.4, 0.5) is 0 Å². The molecule has 2 aromatic rings. The van der Waals surface area contributed by atoms with E-state index in [9.17, 15) is 0 Å². The van der Waals surface area contributed by atoms with Crippen molar-refractivity contribution in [3.8, 4) is 0 Å². The lowest BCUT2D eigenvalue weighted by atomic mass is 9.99. The van der Waals surface area contributed by atoms with Crippen LogP contribution in [0.25, 0.3) is 0 Å². The van der Waals surface area contributed by atoms with E-state index in [4.69, 9.17) is 4.42 Å². The van der Waals surface area contributed by atoms with Gasteiger partial charge in [0.15, 0.2) is 5.96 Å². The number of hydrogen-bond acceptors (Lipinski definition) is 2. The van der Waals surface area contributed by atoms with Crippen molar-refractivity contribution in [2.75, 3.05) is 26.7 Å². The van der Waals surface area contributed by atoms with Gasteiger partial charge in [0.05, 0.1) is 6.26 Å². The average molecular weight is 439 g/mol. The minimum absolute atomic E-state index is 0. The molecule has 0 bridgehead atoms. The van der Waals surface area contributed by atoms with E-state index in [0.29, 0.717) is 5.92 Å². The van der Waals surface area contributed by atoms with E-state index >= 15 is 0 Å². The molecule has 0 aliphatic carbocycles. The second-order valence-corrected chi connectivity index (χ2v) is 6.09. The van der Waals surface area contributed by atoms with E-state index in [1.54, 1.807) is 6.26 Å². The molecule has 24 heavy (non-hydrogen) atoms. The maximum atomic E-state index is 5.36. The smallest absolute Gasteiger partial charge is 0.193 e. The first-order valence-corrected chi connectivity index (χ1v) is 8.37. The molecule has 1 aromatic carbocycles. The quantitative estimate of drug-likeness (QED) is 0.440. The van der Waals surface area contributed by atoms with E-state index in [-0.39, 0.29) is 24.0 Å². The Morgan fingerprint density at radius 2 is 2.08 bits per heavy atom. The fraction of sp³-hybridized carbons (Fsp3) is 0.421. The summed E-state index contributed by atoms with van der Waals surface area (Å²) in [6.07, 6.45) is 4.99. The molecule has 1 aromatic heterocycles. The Morgan fingerprint density at radius 1 is 1.25 bits per heavy atom. The van der Waals surface area contributed by atoms with Crippen LogP contribution in [0.3, 0.4) is 0 Å². The fourth-order valence-electron chi connectivity index (χ4n) is 3.22. The van der Waals surface area contributed by atoms with Crippen molar-refractivity contribution in [1.29, 1.82) is 0 Å². The van der Waals surface area contributed by atoms with Gasteiger partial charge in [-0.25, -0.2) is 0 Å². The van der Waals surface area contributed by atoms with Crippen molar-refractivity contribution in [2.24, 2.45) is 10.9 Å². The molecule has 2 heterocycles. The third-order valence-corrected chi connectivity index (χ3v) is 4.40. The highest BCUT2D eigenvalue weighted by atomic mass is 127. The van der Waals surface area contributed by atoms with Crippen molar-refractivity contribution in [2.45, 2.75) is 19.3 Å². The second-order valence-electron chi connectivity index (χ2n) is 6.09. The molecule has 1 fully saturated rings. The molecular weight excluding hydrogens is 413 g/mol. The van der Waals surface area contributed by atoms with E-state index in [2.05, 4.69) is 45.5 Å². The Morgan fingerprint density at radius 3 is 2.79 bits per heavy atom. The van der Waals surface area contributed by atoms with E-state index in [1.807, 2.05) is 19.2 Å². The first kappa shape index (κ1) is 18.8. The van der Waals surface area contributed by atoms with Gasteiger partial charge in [-0.15, -0.1) is 24.0 Å². The zero-order valence-electron chi connectivity index (χ0n) is 14.1. The van der Waals surface area contributed by atoms with Crippen LogP contribution in [-0.4, -0.2) is 37.5 Å². The minimum Gasteiger partial charge on any atom is -0.469 e. The predicted octanol–water partition coefficient (Wildman–Crippen LogP) is 3.58. The Hall–Kier alpha value is -1.50. The molecule has 3 rings (SSSR count). The SMILES string of the molecule is CN=C(NCCc1ccco1)N1CCC(Cc2ccccc2)C1.I. The summed E-state index contributed by atoms with van der Waals surface area (Å²) in [5, 5.41) is 3.45. The number of halogens is 1. The predicted molar refractivity (Wildman–Crippen MR) is 109 cm³/mol. The fourth-order valence-corrected chi connectivity index (χ4v) is 3.22. The summed E-state index contributed by atoms with van der Waals surface area (Å²) >= 11 is 0. The Balaban J connectivity index is 0.00000208. The van der Waals surface area contributed by atoms with Gasteiger partial charge < -0.3 is 14.6 Å². The number of likely N-dealkylation sites (tertiary alicyclic amines) is 1. The molecule has 1 aliphatic rings. The Kier molecular flexibility index (Phi) is 7.62. The molecule has 0 amide bonds. The highest BCUT2D eigenvalue weighted by Crippen LogP contribution is 2.20. The number of hydrogen-bond donors (Lipinski definition) is 1. The van der Waals surface area contributed by atoms with Gasteiger partial charge in [0.2, 0.25) is 0 Å². The summed E-state index contributed by atoms with van der Waals surface area (Å²) in [5.74, 6) is 2.73. The molecular formula is C19H26IN3O. The van der Waals surface area contributed by atoms with Crippen LogP contribution in [0.15, 0.2) is 58.1 Å². The molecule has 0 saturated carbocycles. The zero-order chi connectivity index (χ0) is 15.9. The number of nitrogens with one attached hydrogen (secondary N) is 1. The van der Waals surface area contributed by atoms with Crippen LogP contribution < -0.4 is 5.32 Å². The van der Waals surface area contributed by atoms with Crippen LogP contribution in [0, 0.1) is 5.92 Å². The Bertz CT molecular complexity index is 613. The van der Waals surface area contributed by atoms with Gasteiger partial charge >= 0.3 is 0 Å². The molecule has 5 heteroatoms. The van der Waals surface area contributed by atoms with Crippen molar-refractivity contribution < 1.29 is 4.42 Å². The summed E-state index contributed by atoms with van der Waals surface area (Å²) in [5.41, 5.74) is 1.43. The maximum absolute atomic E-state index is 5.36. The largest absolute Gasteiger partial charge is 0.469 e. The molecule has 1 N–H and O–H groups in total. The lowest BCUT2D eigenvalue weighted by molar-refractivity contribution is 0.456. The molecule has 1 aliphatic heterocycles. The highest BCUT2D eigenvalue weighted by Gasteiger charge is 2.24. The third kappa shape index (κ3) is 5.26. The molecule has 4 nitrogen and oxygen atoms in total. The van der Waals surface area contributed by atoms with E-state index in [1.165, 1.54) is 12.0 Å². The molecule has 0 spiro atoms. The number of nitrogens with zero attached hydrogens (tertiary/aromatic N) is 2. The maximum Gasteiger partial charge on any atom is 0.193 e. The van der Waals surface area contributed by atoms with Crippen LogP contribution in [0.2, 0.25) is 0 Å². The third-order valence-electron chi connectivity index (χ3n) is 4.40. The lowest BCUT2D eigenvalue weighted by Crippen LogP contribution is -2.40. The van der Waals surface area contributed by atoms with Crippen LogP contribution in [-0.2, 0) is 12.8 Å². The van der Waals surface area contributed by atoms with Gasteiger partial charge in [0.25, 0.3) is 0 Å². The first-order chi connectivity index (χ1) is 11.3. The van der Waals surface area contributed by atoms with Gasteiger partial charge in [-0.05, 0) is 36.5 Å². The minimum atomic E-state index is 0. The Labute approximate surface area is 161 Å². The zero-order valence-corrected chi connectivity index (χ0v) is 16.5. The standard InChI is InChI=1S/C19H25N3O.HI/c1-20-19(21-11-9-18-8-5-13-23-18)22-12-10-17(15-22)14-16-6-3-2-4-7-16;/h2-8,13,17H,9-12,14-15H2,1H3,(H,20,21);1H. The number of guanidine groups is 1. The van der Waals surface area contributed by atoms with E-state index < -0.39 is 0 Å². The monoisotopic (exact) mass is 439 g/mol. The van der Waals surface area contributed by atoms with Crippen LogP contribution in [0.5, 0.6) is 0 Å². The van der Waals surface area contributed by atoms with E-state index in [0.717, 1.165) is 44.2 Å². The highest BCUT2D eigenvalue weighted by molar-refractivity contribution is 14.0. The van der Waals surface area contributed by atoms with Gasteiger partial charge in [-0.3, -0.25) is 4.99 Å². The molecule has 1 atom stereocenters. The average Bonchev–Trinajstić information content (AvgIpc) is 3.25. The van der Waals surface area contributed by atoms with Crippen molar-refractivity contribution in [1.82, 2.24) is 10.2 Å². The van der Waals surface area contributed by atoms with Gasteiger partial charge in [0.1, 0.15) is 5.76 Å². The molecule has 130 valence electrons. The summed E-state index contributed by atoms with van der Waals surface area (Å²) in [6, 6.07) is 14.7.